The summed E-state index contributed by atoms with van der Waals surface area (Å²) in [6.07, 6.45) is 0.452. The first-order chi connectivity index (χ1) is 8.72. The number of fused-ring (bicyclic) bond motifs is 1. The van der Waals surface area contributed by atoms with Crippen molar-refractivity contribution < 1.29 is 14.3 Å². The second-order valence-corrected chi connectivity index (χ2v) is 4.01. The van der Waals surface area contributed by atoms with Crippen LogP contribution in [0.15, 0.2) is 24.3 Å². The van der Waals surface area contributed by atoms with Gasteiger partial charge in [-0.3, -0.25) is 9.59 Å². The Labute approximate surface area is 106 Å². The Morgan fingerprint density at radius 3 is 3.00 bits per heavy atom. The maximum Gasteiger partial charge on any atom is 0.265 e. The molecule has 0 unspecified atom stereocenters. The molecule has 18 heavy (non-hydrogen) atoms. The Morgan fingerprint density at radius 1 is 1.44 bits per heavy atom. The molecular formula is C13H16N2O3. The second-order valence-electron chi connectivity index (χ2n) is 4.01. The summed E-state index contributed by atoms with van der Waals surface area (Å²) in [7, 11) is 0. The van der Waals surface area contributed by atoms with Gasteiger partial charge >= 0.3 is 0 Å². The van der Waals surface area contributed by atoms with Gasteiger partial charge in [0.05, 0.1) is 5.69 Å². The van der Waals surface area contributed by atoms with Crippen molar-refractivity contribution in [3.8, 4) is 5.75 Å². The van der Waals surface area contributed by atoms with Crippen LogP contribution in [0.3, 0.4) is 0 Å². The van der Waals surface area contributed by atoms with Crippen molar-refractivity contribution in [2.75, 3.05) is 24.6 Å². The molecule has 0 radical (unpaired) electrons. The van der Waals surface area contributed by atoms with Crippen LogP contribution in [0.4, 0.5) is 5.69 Å². The fraction of sp³-hybridized carbons (Fsp3) is 0.385. The van der Waals surface area contributed by atoms with E-state index in [-0.39, 0.29) is 18.4 Å². The van der Waals surface area contributed by atoms with Gasteiger partial charge in [0.15, 0.2) is 6.61 Å². The summed E-state index contributed by atoms with van der Waals surface area (Å²) in [5.41, 5.74) is 0.763. The zero-order chi connectivity index (χ0) is 13.0. The number of carbonyl (C=O) groups is 2. The van der Waals surface area contributed by atoms with Gasteiger partial charge in [-0.2, -0.15) is 0 Å². The molecule has 0 atom stereocenters. The van der Waals surface area contributed by atoms with Crippen molar-refractivity contribution in [3.63, 3.8) is 0 Å². The number of benzene rings is 1. The van der Waals surface area contributed by atoms with E-state index in [9.17, 15) is 9.59 Å². The van der Waals surface area contributed by atoms with Crippen LogP contribution in [0.2, 0.25) is 0 Å². The van der Waals surface area contributed by atoms with Crippen LogP contribution in [0, 0.1) is 0 Å². The van der Waals surface area contributed by atoms with E-state index in [1.165, 1.54) is 0 Å². The Balaban J connectivity index is 2.03. The fourth-order valence-electron chi connectivity index (χ4n) is 1.83. The minimum Gasteiger partial charge on any atom is -0.482 e. The molecule has 2 amide bonds. The van der Waals surface area contributed by atoms with Gasteiger partial charge in [-0.25, -0.2) is 0 Å². The molecule has 1 N–H and O–H groups in total. The number of ether oxygens (including phenoxy) is 1. The van der Waals surface area contributed by atoms with Crippen LogP contribution in [-0.4, -0.2) is 31.5 Å². The summed E-state index contributed by atoms with van der Waals surface area (Å²) in [6.45, 7) is 2.76. The molecule has 1 heterocycles. The monoisotopic (exact) mass is 248 g/mol. The highest BCUT2D eigenvalue weighted by atomic mass is 16.5. The molecule has 0 saturated heterocycles. The summed E-state index contributed by atoms with van der Waals surface area (Å²) >= 11 is 0. The molecule has 1 aromatic carbocycles. The number of hydrogen-bond acceptors (Lipinski definition) is 3. The third-order valence-corrected chi connectivity index (χ3v) is 2.79. The van der Waals surface area contributed by atoms with E-state index < -0.39 is 0 Å². The van der Waals surface area contributed by atoms with Gasteiger partial charge < -0.3 is 15.0 Å². The Morgan fingerprint density at radius 2 is 2.22 bits per heavy atom. The van der Waals surface area contributed by atoms with Crippen molar-refractivity contribution in [1.82, 2.24) is 5.32 Å². The van der Waals surface area contributed by atoms with Crippen LogP contribution >= 0.6 is 0 Å². The predicted molar refractivity (Wildman–Crippen MR) is 67.6 cm³/mol. The lowest BCUT2D eigenvalue weighted by molar-refractivity contribution is -0.122. The molecule has 96 valence electrons. The van der Waals surface area contributed by atoms with Gasteiger partial charge in [0, 0.05) is 19.5 Å². The molecule has 0 saturated carbocycles. The third kappa shape index (κ3) is 2.61. The van der Waals surface area contributed by atoms with E-state index in [0.29, 0.717) is 25.3 Å². The van der Waals surface area contributed by atoms with Crippen molar-refractivity contribution in [2.24, 2.45) is 0 Å². The summed E-state index contributed by atoms with van der Waals surface area (Å²) in [5.74, 6) is 0.613. The second kappa shape index (κ2) is 5.53. The standard InChI is InChI=1S/C13H16N2O3/c1-2-12(16)14-7-8-15-10-5-3-4-6-11(10)18-9-13(15)17/h3-6H,2,7-9H2,1H3,(H,14,16). The lowest BCUT2D eigenvalue weighted by atomic mass is 10.2. The van der Waals surface area contributed by atoms with Gasteiger partial charge in [-0.05, 0) is 12.1 Å². The van der Waals surface area contributed by atoms with E-state index in [2.05, 4.69) is 5.32 Å². The number of carbonyl (C=O) groups excluding carboxylic acids is 2. The number of hydrogen-bond donors (Lipinski definition) is 1. The average Bonchev–Trinajstić information content (AvgIpc) is 2.41. The highest BCUT2D eigenvalue weighted by Crippen LogP contribution is 2.30. The number of amides is 2. The topological polar surface area (TPSA) is 58.6 Å². The summed E-state index contributed by atoms with van der Waals surface area (Å²) in [5, 5.41) is 2.76. The van der Waals surface area contributed by atoms with Crippen molar-refractivity contribution in [3.05, 3.63) is 24.3 Å². The number of anilines is 1. The van der Waals surface area contributed by atoms with Crippen LogP contribution in [0.5, 0.6) is 5.75 Å². The van der Waals surface area contributed by atoms with Crippen LogP contribution in [0.25, 0.3) is 0 Å². The molecule has 1 aromatic rings. The maximum atomic E-state index is 11.8. The van der Waals surface area contributed by atoms with Crippen LogP contribution in [0.1, 0.15) is 13.3 Å². The Kier molecular flexibility index (Phi) is 3.82. The minimum atomic E-state index is -0.0838. The van der Waals surface area contributed by atoms with Gasteiger partial charge in [0.2, 0.25) is 5.91 Å². The fourth-order valence-corrected chi connectivity index (χ4v) is 1.83. The lowest BCUT2D eigenvalue weighted by Crippen LogP contribution is -2.43. The third-order valence-electron chi connectivity index (χ3n) is 2.79. The first kappa shape index (κ1) is 12.4. The van der Waals surface area contributed by atoms with Gasteiger partial charge in [-0.1, -0.05) is 19.1 Å². The van der Waals surface area contributed by atoms with E-state index in [4.69, 9.17) is 4.74 Å². The zero-order valence-corrected chi connectivity index (χ0v) is 10.3. The summed E-state index contributed by atoms with van der Waals surface area (Å²) in [4.78, 5) is 24.6. The number of para-hydroxylation sites is 2. The van der Waals surface area contributed by atoms with E-state index in [1.54, 1.807) is 11.8 Å². The molecule has 1 aliphatic heterocycles. The highest BCUT2D eigenvalue weighted by Gasteiger charge is 2.24. The molecule has 0 spiro atoms. The average molecular weight is 248 g/mol. The molecule has 0 bridgehead atoms. The minimum absolute atomic E-state index is 0.0102. The maximum absolute atomic E-state index is 11.8. The quantitative estimate of drug-likeness (QED) is 0.862. The smallest absolute Gasteiger partial charge is 0.265 e. The molecule has 5 heteroatoms. The highest BCUT2D eigenvalue weighted by molar-refractivity contribution is 5.97. The number of rotatable bonds is 4. The SMILES string of the molecule is CCC(=O)NCCN1C(=O)COc2ccccc21. The summed E-state index contributed by atoms with van der Waals surface area (Å²) in [6, 6.07) is 7.40. The zero-order valence-electron chi connectivity index (χ0n) is 10.3. The largest absolute Gasteiger partial charge is 0.482 e. The molecule has 5 nitrogen and oxygen atoms in total. The summed E-state index contributed by atoms with van der Waals surface area (Å²) < 4.78 is 5.34. The molecule has 0 fully saturated rings. The van der Waals surface area contributed by atoms with Crippen molar-refractivity contribution >= 4 is 17.5 Å². The van der Waals surface area contributed by atoms with Gasteiger partial charge in [-0.15, -0.1) is 0 Å². The van der Waals surface area contributed by atoms with E-state index in [0.717, 1.165) is 5.69 Å². The molecule has 1 aliphatic rings. The van der Waals surface area contributed by atoms with Crippen molar-refractivity contribution in [1.29, 1.82) is 0 Å². The van der Waals surface area contributed by atoms with Gasteiger partial charge in [0.25, 0.3) is 5.91 Å². The van der Waals surface area contributed by atoms with Gasteiger partial charge in [0.1, 0.15) is 5.75 Å². The Bertz CT molecular complexity index is 459. The number of nitrogens with one attached hydrogen (secondary N) is 1. The first-order valence-electron chi connectivity index (χ1n) is 6.01. The van der Waals surface area contributed by atoms with Crippen molar-refractivity contribution in [2.45, 2.75) is 13.3 Å². The molecule has 2 rings (SSSR count). The molecule has 0 aliphatic carbocycles. The lowest BCUT2D eigenvalue weighted by Gasteiger charge is -2.29. The normalized spacial score (nSPS) is 13.8. The Hall–Kier alpha value is -2.04. The van der Waals surface area contributed by atoms with E-state index in [1.807, 2.05) is 24.3 Å². The van der Waals surface area contributed by atoms with Crippen LogP contribution in [-0.2, 0) is 9.59 Å². The van der Waals surface area contributed by atoms with Crippen LogP contribution < -0.4 is 15.0 Å². The predicted octanol–water partition coefficient (Wildman–Crippen LogP) is 0.938. The molecule has 0 aromatic heterocycles. The molecular weight excluding hydrogens is 232 g/mol. The first-order valence-corrected chi connectivity index (χ1v) is 6.01. The van der Waals surface area contributed by atoms with E-state index >= 15 is 0 Å². The number of nitrogens with zero attached hydrogens (tertiary/aromatic N) is 1.